The number of fused-ring (bicyclic) bond motifs is 1. The highest BCUT2D eigenvalue weighted by molar-refractivity contribution is 6.01. The van der Waals surface area contributed by atoms with Crippen LogP contribution in [0.2, 0.25) is 0 Å². The van der Waals surface area contributed by atoms with Crippen LogP contribution in [0.4, 0.5) is 0 Å². The number of aromatic nitrogens is 1. The summed E-state index contributed by atoms with van der Waals surface area (Å²) in [6, 6.07) is 19.5. The molecule has 3 rings (SSSR count). The van der Waals surface area contributed by atoms with Gasteiger partial charge in [-0.15, -0.1) is 0 Å². The molecule has 3 aromatic rings. The molecule has 0 spiro atoms. The van der Waals surface area contributed by atoms with Gasteiger partial charge in [-0.05, 0) is 29.5 Å². The van der Waals surface area contributed by atoms with E-state index in [9.17, 15) is 19.5 Å². The van der Waals surface area contributed by atoms with Gasteiger partial charge in [0.1, 0.15) is 5.69 Å². The average Bonchev–Trinajstić information content (AvgIpc) is 2.87. The van der Waals surface area contributed by atoms with Gasteiger partial charge in [0.15, 0.2) is 5.66 Å². The van der Waals surface area contributed by atoms with Crippen LogP contribution >= 0.6 is 0 Å². The van der Waals surface area contributed by atoms with Gasteiger partial charge in [-0.1, -0.05) is 75.4 Å². The molecule has 3 amide bonds. The molecule has 0 aliphatic heterocycles. The molecule has 10 nitrogen and oxygen atoms in total. The van der Waals surface area contributed by atoms with Crippen LogP contribution in [0.1, 0.15) is 36.8 Å². The van der Waals surface area contributed by atoms with Crippen molar-refractivity contribution < 1.29 is 19.5 Å². The number of para-hydroxylation sites is 1. The van der Waals surface area contributed by atoms with Crippen molar-refractivity contribution in [2.24, 2.45) is 34.5 Å². The number of primary amides is 2. The number of pyridine rings is 1. The van der Waals surface area contributed by atoms with Gasteiger partial charge in [-0.25, -0.2) is 4.98 Å². The van der Waals surface area contributed by atoms with Gasteiger partial charge in [0.2, 0.25) is 5.91 Å². The van der Waals surface area contributed by atoms with Crippen molar-refractivity contribution in [3.8, 4) is 0 Å². The van der Waals surface area contributed by atoms with Crippen molar-refractivity contribution >= 4 is 28.6 Å². The topological polar surface area (TPSA) is 186 Å². The zero-order valence-corrected chi connectivity index (χ0v) is 22.6. The third-order valence-corrected chi connectivity index (χ3v) is 6.60. The minimum absolute atomic E-state index is 0.0278. The summed E-state index contributed by atoms with van der Waals surface area (Å²) in [5.41, 5.74) is 16.8. The van der Waals surface area contributed by atoms with E-state index in [0.717, 1.165) is 10.9 Å². The van der Waals surface area contributed by atoms with E-state index in [0.29, 0.717) is 12.1 Å². The fourth-order valence-corrected chi connectivity index (χ4v) is 4.62. The zero-order chi connectivity index (χ0) is 28.8. The highest BCUT2D eigenvalue weighted by atomic mass is 16.3. The number of rotatable bonds is 12. The molecule has 0 fully saturated rings. The molecule has 0 bridgehead atoms. The van der Waals surface area contributed by atoms with Crippen LogP contribution in [0.5, 0.6) is 0 Å². The number of benzene rings is 2. The molecule has 4 atom stereocenters. The molecule has 1 aromatic heterocycles. The number of aliphatic hydroxyl groups is 1. The molecule has 0 saturated carbocycles. The normalized spacial score (nSPS) is 15.6. The maximum absolute atomic E-state index is 13.3. The summed E-state index contributed by atoms with van der Waals surface area (Å²) >= 11 is 0. The maximum atomic E-state index is 13.3. The summed E-state index contributed by atoms with van der Waals surface area (Å²) in [4.78, 5) is 43.4. The molecular weight excluding hydrogens is 496 g/mol. The Morgan fingerprint density at radius 2 is 1.59 bits per heavy atom. The van der Waals surface area contributed by atoms with Crippen LogP contribution in [-0.2, 0) is 16.0 Å². The van der Waals surface area contributed by atoms with Crippen molar-refractivity contribution in [1.29, 1.82) is 0 Å². The Balaban J connectivity index is 1.98. The summed E-state index contributed by atoms with van der Waals surface area (Å²) < 4.78 is 0. The predicted octanol–water partition coefficient (Wildman–Crippen LogP) is 1.06. The molecule has 2 aromatic carbocycles. The largest absolute Gasteiger partial charge is 0.391 e. The Hall–Kier alpha value is -3.86. The highest BCUT2D eigenvalue weighted by Crippen LogP contribution is 2.29. The third kappa shape index (κ3) is 7.60. The molecule has 0 saturated heterocycles. The Bertz CT molecular complexity index is 1310. The SMILES string of the molecule is CC(C)(C)CNCC(O)C(Cc1ccccc1)C(C(N)=O)C(N)(NC(=O)c1ccc2ccccc2n1)C(N)=O. The molecule has 0 radical (unpaired) electrons. The van der Waals surface area contributed by atoms with Gasteiger partial charge in [-0.2, -0.15) is 0 Å². The molecular formula is C29H38N6O4. The van der Waals surface area contributed by atoms with Crippen molar-refractivity contribution in [2.75, 3.05) is 13.1 Å². The van der Waals surface area contributed by atoms with Crippen molar-refractivity contribution in [3.05, 3.63) is 78.0 Å². The van der Waals surface area contributed by atoms with Gasteiger partial charge < -0.3 is 32.9 Å². The Labute approximate surface area is 228 Å². The number of aliphatic hydroxyl groups excluding tert-OH is 1. The first-order valence-electron chi connectivity index (χ1n) is 12.8. The minimum Gasteiger partial charge on any atom is -0.391 e. The number of carbonyl (C=O) groups is 3. The number of nitrogens with zero attached hydrogens (tertiary/aromatic N) is 1. The number of hydrogen-bond donors (Lipinski definition) is 6. The lowest BCUT2D eigenvalue weighted by Crippen LogP contribution is -2.73. The summed E-state index contributed by atoms with van der Waals surface area (Å²) in [6.07, 6.45) is -1.02. The molecule has 0 aliphatic carbocycles. The number of carbonyl (C=O) groups excluding carboxylic acids is 3. The van der Waals surface area contributed by atoms with E-state index in [1.54, 1.807) is 18.2 Å². The van der Waals surface area contributed by atoms with E-state index in [-0.39, 0.29) is 24.1 Å². The lowest BCUT2D eigenvalue weighted by atomic mass is 9.74. The number of hydrogen-bond acceptors (Lipinski definition) is 7. The Morgan fingerprint density at radius 3 is 2.21 bits per heavy atom. The lowest BCUT2D eigenvalue weighted by Gasteiger charge is -2.40. The first-order valence-corrected chi connectivity index (χ1v) is 12.8. The maximum Gasteiger partial charge on any atom is 0.271 e. The summed E-state index contributed by atoms with van der Waals surface area (Å²) in [7, 11) is 0. The second kappa shape index (κ2) is 12.3. The first-order chi connectivity index (χ1) is 18.3. The van der Waals surface area contributed by atoms with Gasteiger partial charge >= 0.3 is 0 Å². The summed E-state index contributed by atoms with van der Waals surface area (Å²) in [5.74, 6) is -5.50. The fourth-order valence-electron chi connectivity index (χ4n) is 4.62. The van der Waals surface area contributed by atoms with Crippen LogP contribution < -0.4 is 27.8 Å². The van der Waals surface area contributed by atoms with Crippen LogP contribution in [-0.4, -0.2) is 52.7 Å². The minimum atomic E-state index is -2.42. The second-order valence-electron chi connectivity index (χ2n) is 11.1. The van der Waals surface area contributed by atoms with Crippen LogP contribution in [0.3, 0.4) is 0 Å². The highest BCUT2D eigenvalue weighted by Gasteiger charge is 2.51. The summed E-state index contributed by atoms with van der Waals surface area (Å²) in [6.45, 7) is 6.78. The van der Waals surface area contributed by atoms with E-state index < -0.39 is 41.3 Å². The molecule has 39 heavy (non-hydrogen) atoms. The van der Waals surface area contributed by atoms with Crippen molar-refractivity contribution in [2.45, 2.75) is 39.0 Å². The van der Waals surface area contributed by atoms with E-state index in [1.807, 2.05) is 63.2 Å². The van der Waals surface area contributed by atoms with Crippen LogP contribution in [0.25, 0.3) is 10.9 Å². The molecule has 9 N–H and O–H groups in total. The third-order valence-electron chi connectivity index (χ3n) is 6.60. The van der Waals surface area contributed by atoms with Crippen LogP contribution in [0, 0.1) is 17.3 Å². The standard InChI is InChI=1S/C29H38N6O4/c1-28(2,3)17-33-16-23(36)20(15-18-9-5-4-6-10-18)24(25(30)37)29(32,27(31)39)35-26(38)22-14-13-19-11-7-8-12-21(19)34-22/h4-14,20,23-24,33,36H,15-17,32H2,1-3H3,(H2,30,37)(H2,31,39)(H,35,38). The Kier molecular flexibility index (Phi) is 9.39. The van der Waals surface area contributed by atoms with Gasteiger partial charge in [0, 0.05) is 24.4 Å². The lowest BCUT2D eigenvalue weighted by molar-refractivity contribution is -0.138. The quantitative estimate of drug-likeness (QED) is 0.187. The molecule has 1 heterocycles. The first kappa shape index (κ1) is 29.7. The zero-order valence-electron chi connectivity index (χ0n) is 22.6. The second-order valence-corrected chi connectivity index (χ2v) is 11.1. The van der Waals surface area contributed by atoms with Crippen LogP contribution in [0.15, 0.2) is 66.7 Å². The van der Waals surface area contributed by atoms with E-state index in [1.165, 1.54) is 6.07 Å². The fraction of sp³-hybridized carbons (Fsp3) is 0.379. The molecule has 4 unspecified atom stereocenters. The van der Waals surface area contributed by atoms with Gasteiger partial charge in [0.25, 0.3) is 11.8 Å². The van der Waals surface area contributed by atoms with Crippen molar-refractivity contribution in [3.63, 3.8) is 0 Å². The number of nitrogens with two attached hydrogens (primary N) is 3. The molecule has 0 aliphatic rings. The van der Waals surface area contributed by atoms with Crippen molar-refractivity contribution in [1.82, 2.24) is 15.6 Å². The van der Waals surface area contributed by atoms with E-state index in [4.69, 9.17) is 17.2 Å². The molecule has 208 valence electrons. The van der Waals surface area contributed by atoms with E-state index >= 15 is 0 Å². The monoisotopic (exact) mass is 534 g/mol. The summed E-state index contributed by atoms with van der Waals surface area (Å²) in [5, 5.41) is 17.7. The predicted molar refractivity (Wildman–Crippen MR) is 150 cm³/mol. The Morgan fingerprint density at radius 1 is 0.949 bits per heavy atom. The van der Waals surface area contributed by atoms with Gasteiger partial charge in [-0.3, -0.25) is 14.4 Å². The van der Waals surface area contributed by atoms with E-state index in [2.05, 4.69) is 15.6 Å². The average molecular weight is 535 g/mol. The van der Waals surface area contributed by atoms with Gasteiger partial charge in [0.05, 0.1) is 17.5 Å². The smallest absolute Gasteiger partial charge is 0.271 e. The number of nitrogens with one attached hydrogen (secondary N) is 2. The number of amides is 3. The molecule has 10 heteroatoms.